The van der Waals surface area contributed by atoms with Crippen molar-refractivity contribution in [2.75, 3.05) is 0 Å². The van der Waals surface area contributed by atoms with Gasteiger partial charge in [-0.15, -0.1) is 0 Å². The summed E-state index contributed by atoms with van der Waals surface area (Å²) in [6.45, 7) is 2.00. The van der Waals surface area contributed by atoms with Gasteiger partial charge < -0.3 is 9.90 Å². The highest BCUT2D eigenvalue weighted by Crippen LogP contribution is 2.13. The summed E-state index contributed by atoms with van der Waals surface area (Å²) in [6.07, 6.45) is 0. The minimum atomic E-state index is -4.13. The summed E-state index contributed by atoms with van der Waals surface area (Å²) in [5.41, 5.74) is 0. The summed E-state index contributed by atoms with van der Waals surface area (Å²) in [5.74, 6) is -0.0441. The molecule has 1 aromatic rings. The predicted octanol–water partition coefficient (Wildman–Crippen LogP) is 0.454. The number of phenolic OH excluding ortho intramolecular Hbond substituents is 1. The second kappa shape index (κ2) is 4.58. The lowest BCUT2D eigenvalue weighted by molar-refractivity contribution is -0.0979. The molecule has 1 aromatic carbocycles. The standard InChI is InChI=1S/C6H6O4S.CH2O/c7-5-1-3-6(4-2-5)11(8,9)10;1-2/h1-4,7H,(H,8,9,10);1H2. The van der Waals surface area contributed by atoms with Crippen molar-refractivity contribution in [3.63, 3.8) is 0 Å². The molecule has 1 rings (SSSR count). The molecular weight excluding hydrogens is 196 g/mol. The molecule has 0 aliphatic carbocycles. The van der Waals surface area contributed by atoms with Crippen LogP contribution >= 0.6 is 0 Å². The number of benzene rings is 1. The zero-order chi connectivity index (χ0) is 10.5. The zero-order valence-corrected chi connectivity index (χ0v) is 7.36. The molecule has 0 saturated carbocycles. The third-order valence-corrected chi connectivity index (χ3v) is 2.00. The maximum absolute atomic E-state index is 10.4. The molecule has 5 nitrogen and oxygen atoms in total. The minimum absolute atomic E-state index is 0.0441. The van der Waals surface area contributed by atoms with Gasteiger partial charge >= 0.3 is 0 Å². The number of aromatic hydroxyl groups is 1. The van der Waals surface area contributed by atoms with Crippen molar-refractivity contribution < 1.29 is 22.9 Å². The lowest BCUT2D eigenvalue weighted by Crippen LogP contribution is -1.96. The summed E-state index contributed by atoms with van der Waals surface area (Å²) in [7, 11) is -4.13. The SMILES string of the molecule is C=O.O=S(=O)(O)c1ccc(O)cc1. The van der Waals surface area contributed by atoms with Crippen LogP contribution in [-0.4, -0.2) is 24.9 Å². The normalized spacial score (nSPS) is 9.92. The number of hydrogen-bond acceptors (Lipinski definition) is 4. The summed E-state index contributed by atoms with van der Waals surface area (Å²) in [6, 6.07) is 4.60. The summed E-state index contributed by atoms with van der Waals surface area (Å²) < 4.78 is 29.3. The van der Waals surface area contributed by atoms with Crippen molar-refractivity contribution in [1.29, 1.82) is 0 Å². The van der Waals surface area contributed by atoms with Gasteiger partial charge in [-0.2, -0.15) is 8.42 Å². The highest BCUT2D eigenvalue weighted by molar-refractivity contribution is 7.85. The first-order chi connectivity index (χ1) is 6.00. The molecule has 0 aliphatic heterocycles. The Kier molecular flexibility index (Phi) is 4.09. The van der Waals surface area contributed by atoms with Gasteiger partial charge in [0.1, 0.15) is 12.5 Å². The maximum Gasteiger partial charge on any atom is 0.294 e. The van der Waals surface area contributed by atoms with Gasteiger partial charge in [0.2, 0.25) is 0 Å². The average molecular weight is 204 g/mol. The van der Waals surface area contributed by atoms with E-state index in [4.69, 9.17) is 14.5 Å². The summed E-state index contributed by atoms with van der Waals surface area (Å²) in [5, 5.41) is 8.75. The first-order valence-corrected chi connectivity index (χ1v) is 4.49. The van der Waals surface area contributed by atoms with Crippen molar-refractivity contribution >= 4 is 16.9 Å². The van der Waals surface area contributed by atoms with E-state index in [1.807, 2.05) is 6.79 Å². The molecule has 0 heterocycles. The highest BCUT2D eigenvalue weighted by atomic mass is 32.2. The molecule has 72 valence electrons. The van der Waals surface area contributed by atoms with Gasteiger partial charge in [-0.05, 0) is 24.3 Å². The molecule has 0 aliphatic rings. The topological polar surface area (TPSA) is 91.7 Å². The third-order valence-electron chi connectivity index (χ3n) is 1.13. The van der Waals surface area contributed by atoms with E-state index in [1.165, 1.54) is 12.1 Å². The highest BCUT2D eigenvalue weighted by Gasteiger charge is 2.07. The third kappa shape index (κ3) is 3.68. The lowest BCUT2D eigenvalue weighted by atomic mass is 10.3. The van der Waals surface area contributed by atoms with Gasteiger partial charge in [-0.1, -0.05) is 0 Å². The average Bonchev–Trinajstić information content (AvgIpc) is 2.07. The van der Waals surface area contributed by atoms with Gasteiger partial charge in [0.15, 0.2) is 0 Å². The van der Waals surface area contributed by atoms with Gasteiger partial charge in [-0.3, -0.25) is 4.55 Å². The van der Waals surface area contributed by atoms with E-state index in [-0.39, 0.29) is 10.6 Å². The molecule has 0 saturated heterocycles. The Labute approximate surface area is 75.4 Å². The molecule has 0 amide bonds. The number of carbonyl (C=O) groups is 1. The lowest BCUT2D eigenvalue weighted by Gasteiger charge is -1.94. The fourth-order valence-corrected chi connectivity index (χ4v) is 1.10. The predicted molar refractivity (Wildman–Crippen MR) is 45.0 cm³/mol. The van der Waals surface area contributed by atoms with Crippen LogP contribution < -0.4 is 0 Å². The molecule has 0 unspecified atom stereocenters. The first kappa shape index (κ1) is 11.6. The minimum Gasteiger partial charge on any atom is -0.508 e. The fourth-order valence-electron chi connectivity index (χ4n) is 0.618. The van der Waals surface area contributed by atoms with E-state index in [0.717, 1.165) is 12.1 Å². The second-order valence-electron chi connectivity index (χ2n) is 1.97. The molecule has 2 N–H and O–H groups in total. The van der Waals surface area contributed by atoms with Crippen molar-refractivity contribution in [2.45, 2.75) is 4.90 Å². The Bertz CT molecular complexity index is 353. The summed E-state index contributed by atoms with van der Waals surface area (Å²) >= 11 is 0. The van der Waals surface area contributed by atoms with Crippen LogP contribution in [0.1, 0.15) is 0 Å². The van der Waals surface area contributed by atoms with E-state index in [1.54, 1.807) is 0 Å². The Balaban J connectivity index is 0.000000671. The fraction of sp³-hybridized carbons (Fsp3) is 0. The molecular formula is C7H8O5S. The smallest absolute Gasteiger partial charge is 0.294 e. The van der Waals surface area contributed by atoms with E-state index in [0.29, 0.717) is 0 Å². The second-order valence-corrected chi connectivity index (χ2v) is 3.39. The quantitative estimate of drug-likeness (QED) is 0.648. The van der Waals surface area contributed by atoms with Crippen LogP contribution in [0.3, 0.4) is 0 Å². The van der Waals surface area contributed by atoms with Crippen LogP contribution in [0.5, 0.6) is 5.75 Å². The monoisotopic (exact) mass is 204 g/mol. The molecule has 6 heteroatoms. The van der Waals surface area contributed by atoms with E-state index >= 15 is 0 Å². The van der Waals surface area contributed by atoms with Gasteiger partial charge in [0, 0.05) is 0 Å². The van der Waals surface area contributed by atoms with E-state index in [2.05, 4.69) is 0 Å². The summed E-state index contributed by atoms with van der Waals surface area (Å²) in [4.78, 5) is 7.77. The Morgan fingerprint density at radius 1 is 1.08 bits per heavy atom. The number of phenols is 1. The van der Waals surface area contributed by atoms with Gasteiger partial charge in [0.05, 0.1) is 4.90 Å². The molecule has 0 atom stereocenters. The molecule has 0 bridgehead atoms. The first-order valence-electron chi connectivity index (χ1n) is 3.05. The van der Waals surface area contributed by atoms with E-state index in [9.17, 15) is 8.42 Å². The molecule has 0 aromatic heterocycles. The van der Waals surface area contributed by atoms with Crippen molar-refractivity contribution in [3.8, 4) is 5.75 Å². The molecule has 13 heavy (non-hydrogen) atoms. The number of hydrogen-bond donors (Lipinski definition) is 2. The van der Waals surface area contributed by atoms with Gasteiger partial charge in [-0.25, -0.2) is 0 Å². The van der Waals surface area contributed by atoms with Crippen LogP contribution in [0.15, 0.2) is 29.2 Å². The molecule has 0 spiro atoms. The van der Waals surface area contributed by atoms with Crippen LogP contribution in [0.4, 0.5) is 0 Å². The molecule has 0 radical (unpaired) electrons. The van der Waals surface area contributed by atoms with Crippen molar-refractivity contribution in [2.24, 2.45) is 0 Å². The van der Waals surface area contributed by atoms with E-state index < -0.39 is 10.1 Å². The van der Waals surface area contributed by atoms with Crippen LogP contribution in [-0.2, 0) is 14.9 Å². The van der Waals surface area contributed by atoms with Crippen LogP contribution in [0, 0.1) is 0 Å². The Morgan fingerprint density at radius 2 is 1.46 bits per heavy atom. The maximum atomic E-state index is 10.4. The Hall–Kier alpha value is -1.40. The van der Waals surface area contributed by atoms with Gasteiger partial charge in [0.25, 0.3) is 10.1 Å². The number of rotatable bonds is 1. The molecule has 0 fully saturated rings. The van der Waals surface area contributed by atoms with Crippen LogP contribution in [0.25, 0.3) is 0 Å². The van der Waals surface area contributed by atoms with Crippen molar-refractivity contribution in [3.05, 3.63) is 24.3 Å². The van der Waals surface area contributed by atoms with Crippen LogP contribution in [0.2, 0.25) is 0 Å². The zero-order valence-electron chi connectivity index (χ0n) is 6.54. The largest absolute Gasteiger partial charge is 0.508 e. The number of carbonyl (C=O) groups excluding carboxylic acids is 1. The van der Waals surface area contributed by atoms with Crippen molar-refractivity contribution in [1.82, 2.24) is 0 Å². The Morgan fingerprint density at radius 3 is 1.77 bits per heavy atom.